The lowest BCUT2D eigenvalue weighted by Gasteiger charge is -2.11. The van der Waals surface area contributed by atoms with Crippen molar-refractivity contribution < 1.29 is 24.1 Å². The maximum Gasteiger partial charge on any atom is 0.343 e. The monoisotopic (exact) mass is 326 g/mol. The van der Waals surface area contributed by atoms with E-state index in [1.54, 1.807) is 12.1 Å². The number of rotatable bonds is 4. The van der Waals surface area contributed by atoms with Gasteiger partial charge in [-0.05, 0) is 36.4 Å². The molecule has 5 N–H and O–H groups in total. The van der Waals surface area contributed by atoms with Crippen molar-refractivity contribution in [3.8, 4) is 0 Å². The number of pyridine rings is 1. The molecule has 1 amide bonds. The van der Waals surface area contributed by atoms with E-state index in [-0.39, 0.29) is 16.8 Å². The fraction of sp³-hybridized carbons (Fsp3) is 0. The van der Waals surface area contributed by atoms with Gasteiger partial charge in [0.25, 0.3) is 0 Å². The van der Waals surface area contributed by atoms with Crippen LogP contribution in [0.1, 0.15) is 20.7 Å². The Balaban J connectivity index is 2.22. The third-order valence-electron chi connectivity index (χ3n) is 3.56. The number of fused-ring (bicyclic) bond motifs is 1. The van der Waals surface area contributed by atoms with E-state index in [0.717, 1.165) is 0 Å². The topological polar surface area (TPSA) is 107 Å². The summed E-state index contributed by atoms with van der Waals surface area (Å²) in [6.45, 7) is 0. The number of aromatic carboxylic acids is 1. The van der Waals surface area contributed by atoms with Crippen molar-refractivity contribution in [1.29, 1.82) is 0 Å². The Hall–Kier alpha value is -3.48. The van der Waals surface area contributed by atoms with Crippen LogP contribution in [0.25, 0.3) is 10.9 Å². The molecule has 1 heterocycles. The number of H-pyrrole nitrogens is 1. The molecular formula is C17H13FN3O3+. The molecule has 0 aliphatic rings. The fourth-order valence-corrected chi connectivity index (χ4v) is 2.38. The normalized spacial score (nSPS) is 10.5. The van der Waals surface area contributed by atoms with E-state index in [2.05, 4.69) is 10.3 Å². The Kier molecular flexibility index (Phi) is 3.83. The first-order chi connectivity index (χ1) is 11.5. The number of hydrogen-bond donors (Lipinski definition) is 3. The number of aromatic amines is 1. The van der Waals surface area contributed by atoms with Crippen LogP contribution in [0.2, 0.25) is 0 Å². The van der Waals surface area contributed by atoms with Crippen LogP contribution >= 0.6 is 0 Å². The number of carboxylic acids is 1. The molecule has 2 aromatic carbocycles. The summed E-state index contributed by atoms with van der Waals surface area (Å²) in [6, 6.07) is 10.2. The zero-order chi connectivity index (χ0) is 17.3. The largest absolute Gasteiger partial charge is 0.477 e. The summed E-state index contributed by atoms with van der Waals surface area (Å²) in [6.07, 6.45) is 1.35. The number of aromatic nitrogens is 1. The summed E-state index contributed by atoms with van der Waals surface area (Å²) in [7, 11) is 0. The van der Waals surface area contributed by atoms with Crippen LogP contribution in [0.3, 0.4) is 0 Å². The van der Waals surface area contributed by atoms with E-state index in [0.29, 0.717) is 16.6 Å². The maximum atomic E-state index is 13.0. The highest BCUT2D eigenvalue weighted by molar-refractivity contribution is 6.06. The van der Waals surface area contributed by atoms with Gasteiger partial charge in [-0.3, -0.25) is 4.79 Å². The van der Waals surface area contributed by atoms with Crippen LogP contribution in [0.5, 0.6) is 0 Å². The zero-order valence-electron chi connectivity index (χ0n) is 12.3. The average molecular weight is 326 g/mol. The van der Waals surface area contributed by atoms with Gasteiger partial charge in [0.05, 0.1) is 11.1 Å². The number of carbonyl (C=O) groups is 2. The molecule has 0 unspecified atom stereocenters. The lowest BCUT2D eigenvalue weighted by atomic mass is 10.1. The van der Waals surface area contributed by atoms with Crippen LogP contribution in [0, 0.1) is 5.82 Å². The SMILES string of the molecule is NC(=O)c1ccc2[nH+]cc(C(=O)O)c(Nc3ccc(F)cc3)c2c1. The van der Waals surface area contributed by atoms with Gasteiger partial charge < -0.3 is 16.2 Å². The number of anilines is 2. The van der Waals surface area contributed by atoms with E-state index in [4.69, 9.17) is 5.73 Å². The number of carbonyl (C=O) groups excluding carboxylic acids is 1. The molecule has 0 bridgehead atoms. The Morgan fingerprint density at radius 1 is 1.12 bits per heavy atom. The lowest BCUT2D eigenvalue weighted by Crippen LogP contribution is -2.15. The van der Waals surface area contributed by atoms with Crippen LogP contribution in [-0.4, -0.2) is 17.0 Å². The molecule has 0 saturated heterocycles. The van der Waals surface area contributed by atoms with Gasteiger partial charge in [0.15, 0.2) is 6.20 Å². The highest BCUT2D eigenvalue weighted by Crippen LogP contribution is 2.28. The summed E-state index contributed by atoms with van der Waals surface area (Å²) < 4.78 is 13.0. The van der Waals surface area contributed by atoms with Gasteiger partial charge in [-0.15, -0.1) is 0 Å². The van der Waals surface area contributed by atoms with Crippen molar-refractivity contribution in [3.63, 3.8) is 0 Å². The van der Waals surface area contributed by atoms with Crippen LogP contribution < -0.4 is 16.0 Å². The minimum atomic E-state index is -1.15. The van der Waals surface area contributed by atoms with Crippen molar-refractivity contribution in [3.05, 3.63) is 65.6 Å². The molecule has 7 heteroatoms. The molecule has 0 atom stereocenters. The average Bonchev–Trinajstić information content (AvgIpc) is 2.56. The first kappa shape index (κ1) is 15.4. The molecule has 0 saturated carbocycles. The van der Waals surface area contributed by atoms with E-state index in [9.17, 15) is 19.1 Å². The molecule has 0 spiro atoms. The molecule has 0 aliphatic carbocycles. The first-order valence-corrected chi connectivity index (χ1v) is 7.00. The zero-order valence-corrected chi connectivity index (χ0v) is 12.3. The lowest BCUT2D eigenvalue weighted by molar-refractivity contribution is -0.344. The molecule has 3 rings (SSSR count). The van der Waals surface area contributed by atoms with Crippen molar-refractivity contribution >= 4 is 34.2 Å². The third kappa shape index (κ3) is 2.87. The number of benzene rings is 2. The molecule has 3 aromatic rings. The second-order valence-electron chi connectivity index (χ2n) is 5.14. The fourth-order valence-electron chi connectivity index (χ4n) is 2.38. The number of amides is 1. The summed E-state index contributed by atoms with van der Waals surface area (Å²) in [5, 5.41) is 12.9. The molecule has 6 nitrogen and oxygen atoms in total. The van der Waals surface area contributed by atoms with Crippen LogP contribution in [-0.2, 0) is 0 Å². The molecule has 120 valence electrons. The molecule has 1 aromatic heterocycles. The van der Waals surface area contributed by atoms with E-state index < -0.39 is 17.7 Å². The molecular weight excluding hydrogens is 313 g/mol. The van der Waals surface area contributed by atoms with E-state index in [1.165, 1.54) is 36.5 Å². The Morgan fingerprint density at radius 3 is 2.46 bits per heavy atom. The van der Waals surface area contributed by atoms with Crippen LogP contribution in [0.4, 0.5) is 15.8 Å². The minimum Gasteiger partial charge on any atom is -0.477 e. The smallest absolute Gasteiger partial charge is 0.343 e. The number of hydrogen-bond acceptors (Lipinski definition) is 3. The number of nitrogens with one attached hydrogen (secondary N) is 2. The van der Waals surface area contributed by atoms with Gasteiger partial charge in [0.2, 0.25) is 11.4 Å². The van der Waals surface area contributed by atoms with Gasteiger partial charge in [0, 0.05) is 17.3 Å². The van der Waals surface area contributed by atoms with E-state index in [1.807, 2.05) is 0 Å². The van der Waals surface area contributed by atoms with Crippen LogP contribution in [0.15, 0.2) is 48.7 Å². The standard InChI is InChI=1S/C17H12FN3O3/c18-10-2-4-11(5-3-10)21-15-12-7-9(16(19)22)1-6-14(12)20-8-13(15)17(23)24/h1-8H,(H2,19,22)(H,20,21)(H,23,24)/p+1. The Morgan fingerprint density at radius 2 is 1.83 bits per heavy atom. The summed E-state index contributed by atoms with van der Waals surface area (Å²) in [5.41, 5.74) is 6.94. The van der Waals surface area contributed by atoms with Gasteiger partial charge in [-0.1, -0.05) is 0 Å². The third-order valence-corrected chi connectivity index (χ3v) is 3.56. The summed E-state index contributed by atoms with van der Waals surface area (Å²) >= 11 is 0. The molecule has 0 fully saturated rings. The summed E-state index contributed by atoms with van der Waals surface area (Å²) in [4.78, 5) is 25.8. The quantitative estimate of drug-likeness (QED) is 0.684. The highest BCUT2D eigenvalue weighted by Gasteiger charge is 2.19. The van der Waals surface area contributed by atoms with Crippen molar-refractivity contribution in [1.82, 2.24) is 0 Å². The van der Waals surface area contributed by atoms with Crippen molar-refractivity contribution in [2.24, 2.45) is 5.73 Å². The van der Waals surface area contributed by atoms with Gasteiger partial charge in [-0.2, -0.15) is 0 Å². The predicted octanol–water partition coefficient (Wildman–Crippen LogP) is 2.33. The number of halogens is 1. The minimum absolute atomic E-state index is 0.0200. The second kappa shape index (κ2) is 5.96. The van der Waals surface area contributed by atoms with Crippen molar-refractivity contribution in [2.75, 3.05) is 5.32 Å². The van der Waals surface area contributed by atoms with E-state index >= 15 is 0 Å². The molecule has 0 radical (unpaired) electrons. The molecule has 24 heavy (non-hydrogen) atoms. The predicted molar refractivity (Wildman–Crippen MR) is 85.7 cm³/mol. The highest BCUT2D eigenvalue weighted by atomic mass is 19.1. The van der Waals surface area contributed by atoms with Gasteiger partial charge in [-0.25, -0.2) is 14.2 Å². The first-order valence-electron chi connectivity index (χ1n) is 7.00. The van der Waals surface area contributed by atoms with Gasteiger partial charge in [0.1, 0.15) is 11.4 Å². The summed E-state index contributed by atoms with van der Waals surface area (Å²) in [5.74, 6) is -2.17. The number of primary amides is 1. The Labute approximate surface area is 135 Å². The number of carboxylic acid groups (broad SMARTS) is 1. The Bertz CT molecular complexity index is 950. The molecule has 0 aliphatic heterocycles. The van der Waals surface area contributed by atoms with Gasteiger partial charge >= 0.3 is 5.97 Å². The second-order valence-corrected chi connectivity index (χ2v) is 5.14. The number of nitrogens with two attached hydrogens (primary N) is 1. The maximum absolute atomic E-state index is 13.0. The van der Waals surface area contributed by atoms with Crippen molar-refractivity contribution in [2.45, 2.75) is 0 Å².